The molecule has 0 aliphatic carbocycles. The lowest BCUT2D eigenvalue weighted by Gasteiger charge is -2.36. The summed E-state index contributed by atoms with van der Waals surface area (Å²) in [6.07, 6.45) is -0.256. The van der Waals surface area contributed by atoms with Crippen LogP contribution >= 0.6 is 11.8 Å². The van der Waals surface area contributed by atoms with Crippen molar-refractivity contribution in [2.24, 2.45) is 7.05 Å². The van der Waals surface area contributed by atoms with Crippen LogP contribution in [0.4, 0.5) is 0 Å². The molecule has 232 valence electrons. The number of nitrogens with zero attached hydrogens (tertiary/aromatic N) is 5. The zero-order valence-corrected chi connectivity index (χ0v) is 25.8. The fraction of sp³-hybridized carbons (Fsp3) is 0.229. The van der Waals surface area contributed by atoms with Gasteiger partial charge >= 0.3 is 0 Å². The van der Waals surface area contributed by atoms with Gasteiger partial charge < -0.3 is 14.6 Å². The summed E-state index contributed by atoms with van der Waals surface area (Å²) in [5.74, 6) is 0.114. The van der Waals surface area contributed by atoms with Crippen LogP contribution in [0.3, 0.4) is 0 Å². The van der Waals surface area contributed by atoms with Gasteiger partial charge in [0.1, 0.15) is 0 Å². The van der Waals surface area contributed by atoms with E-state index in [1.54, 1.807) is 28.9 Å². The number of tetrazole rings is 1. The molecule has 3 heterocycles. The molecule has 3 atom stereocenters. The van der Waals surface area contributed by atoms with E-state index in [2.05, 4.69) is 15.5 Å². The number of aliphatic hydroxyl groups is 1. The van der Waals surface area contributed by atoms with Gasteiger partial charge in [0.05, 0.1) is 36.5 Å². The lowest BCUT2D eigenvalue weighted by Crippen LogP contribution is -2.31. The lowest BCUT2D eigenvalue weighted by molar-refractivity contribution is -0.245. The van der Waals surface area contributed by atoms with Gasteiger partial charge in [0.2, 0.25) is 5.16 Å². The molecule has 1 N–H and O–H groups in total. The molecule has 0 saturated carbocycles. The van der Waals surface area contributed by atoms with Crippen LogP contribution in [-0.2, 0) is 29.7 Å². The molecular weight excluding hydrogens is 602 g/mol. The molecule has 2 aliphatic rings. The minimum atomic E-state index is -0.589. The Hall–Kier alpha value is -4.68. The van der Waals surface area contributed by atoms with Gasteiger partial charge in [-0.3, -0.25) is 14.5 Å². The average molecular weight is 634 g/mol. The first-order chi connectivity index (χ1) is 22.5. The number of thioether (sulfide) groups is 1. The molecule has 0 unspecified atom stereocenters. The molecule has 0 bridgehead atoms. The van der Waals surface area contributed by atoms with Crippen LogP contribution in [0.25, 0.3) is 11.1 Å². The quantitative estimate of drug-likeness (QED) is 0.166. The number of benzene rings is 4. The van der Waals surface area contributed by atoms with Gasteiger partial charge in [-0.2, -0.15) is 0 Å². The van der Waals surface area contributed by atoms with Crippen molar-refractivity contribution >= 4 is 23.6 Å². The normalized spacial score (nSPS) is 19.4. The Morgan fingerprint density at radius 1 is 0.826 bits per heavy atom. The summed E-state index contributed by atoms with van der Waals surface area (Å²) in [5.41, 5.74) is 6.47. The standard InChI is InChI=1S/C35H31N5O5S/c1-39-35(36-37-38-39)46-21-28-18-31(25-11-9-22(20-41)10-12-25)45-34(44-28)26-15-13-24(14-16-26)27-6-4-5-23(17-27)19-40-32(42)29-7-2-3-8-30(29)33(40)43/h2-17,28,31,34,41H,18-21H2,1H3/t28-,31+,34+/m0/s1. The summed E-state index contributed by atoms with van der Waals surface area (Å²) in [4.78, 5) is 27.1. The highest BCUT2D eigenvalue weighted by atomic mass is 32.2. The number of ether oxygens (including phenoxy) is 2. The molecule has 5 aromatic rings. The molecule has 46 heavy (non-hydrogen) atoms. The maximum absolute atomic E-state index is 12.9. The van der Waals surface area contributed by atoms with Crippen LogP contribution < -0.4 is 0 Å². The van der Waals surface area contributed by atoms with Crippen LogP contribution in [0.15, 0.2) is 102 Å². The second-order valence-corrected chi connectivity index (χ2v) is 12.3. The van der Waals surface area contributed by atoms with Crippen molar-refractivity contribution < 1.29 is 24.2 Å². The number of amides is 2. The minimum Gasteiger partial charge on any atom is -0.392 e. The van der Waals surface area contributed by atoms with Crippen LogP contribution in [-0.4, -0.2) is 53.9 Å². The Balaban J connectivity index is 1.08. The third-order valence-electron chi connectivity index (χ3n) is 8.26. The molecular formula is C35H31N5O5S. The van der Waals surface area contributed by atoms with Crippen LogP contribution in [0.1, 0.15) is 61.8 Å². The zero-order chi connectivity index (χ0) is 31.6. The van der Waals surface area contributed by atoms with E-state index in [0.29, 0.717) is 28.5 Å². The smallest absolute Gasteiger partial charge is 0.261 e. The van der Waals surface area contributed by atoms with E-state index in [9.17, 15) is 14.7 Å². The maximum Gasteiger partial charge on any atom is 0.261 e. The predicted molar refractivity (Wildman–Crippen MR) is 170 cm³/mol. The third-order valence-corrected chi connectivity index (χ3v) is 9.40. The van der Waals surface area contributed by atoms with E-state index >= 15 is 0 Å². The topological polar surface area (TPSA) is 120 Å². The van der Waals surface area contributed by atoms with Gasteiger partial charge in [-0.15, -0.1) is 5.10 Å². The highest BCUT2D eigenvalue weighted by Crippen LogP contribution is 2.40. The molecule has 1 saturated heterocycles. The van der Waals surface area contributed by atoms with Crippen molar-refractivity contribution in [1.29, 1.82) is 0 Å². The first-order valence-corrected chi connectivity index (χ1v) is 16.0. The van der Waals surface area contributed by atoms with E-state index in [0.717, 1.165) is 33.4 Å². The number of carbonyl (C=O) groups excluding carboxylic acids is 2. The van der Waals surface area contributed by atoms with Crippen molar-refractivity contribution in [2.75, 3.05) is 5.75 Å². The number of fused-ring (bicyclic) bond motifs is 1. The largest absolute Gasteiger partial charge is 0.392 e. The zero-order valence-electron chi connectivity index (χ0n) is 25.0. The van der Waals surface area contributed by atoms with E-state index in [-0.39, 0.29) is 37.2 Å². The van der Waals surface area contributed by atoms with Gasteiger partial charge in [0, 0.05) is 24.8 Å². The van der Waals surface area contributed by atoms with Crippen molar-refractivity contribution in [3.63, 3.8) is 0 Å². The number of imide groups is 1. The highest BCUT2D eigenvalue weighted by molar-refractivity contribution is 7.99. The molecule has 2 aliphatic heterocycles. The summed E-state index contributed by atoms with van der Waals surface area (Å²) in [6, 6.07) is 30.7. The second-order valence-electron chi connectivity index (χ2n) is 11.3. The first-order valence-electron chi connectivity index (χ1n) is 15.0. The van der Waals surface area contributed by atoms with Crippen LogP contribution in [0.5, 0.6) is 0 Å². The SMILES string of the molecule is Cn1nnnc1SC[C@@H]1C[C@H](c2ccc(CO)cc2)O[C@H](c2ccc(-c3cccc(CN4C(=O)c5ccccc5C4=O)c3)cc2)O1. The number of rotatable bonds is 9. The molecule has 4 aromatic carbocycles. The molecule has 1 aromatic heterocycles. The number of aromatic nitrogens is 4. The number of hydrogen-bond donors (Lipinski definition) is 1. The molecule has 1 fully saturated rings. The molecule has 7 rings (SSSR count). The van der Waals surface area contributed by atoms with Crippen molar-refractivity contribution in [3.8, 4) is 11.1 Å². The third kappa shape index (κ3) is 6.10. The fourth-order valence-corrected chi connectivity index (χ4v) is 6.65. The number of aliphatic hydroxyl groups excluding tert-OH is 1. The molecule has 2 amide bonds. The van der Waals surface area contributed by atoms with Crippen molar-refractivity contribution in [1.82, 2.24) is 25.1 Å². The van der Waals surface area contributed by atoms with E-state index in [4.69, 9.17) is 9.47 Å². The first kappa shape index (κ1) is 30.0. The number of carbonyl (C=O) groups is 2. The van der Waals surface area contributed by atoms with Gasteiger partial charge in [-0.05, 0) is 56.4 Å². The average Bonchev–Trinajstić information content (AvgIpc) is 3.63. The monoisotopic (exact) mass is 633 g/mol. The Kier molecular flexibility index (Phi) is 8.46. The summed E-state index contributed by atoms with van der Waals surface area (Å²) < 4.78 is 14.6. The molecule has 10 nitrogen and oxygen atoms in total. The predicted octanol–water partition coefficient (Wildman–Crippen LogP) is 5.50. The Labute approximate surface area is 270 Å². The molecule has 11 heteroatoms. The number of hydrogen-bond acceptors (Lipinski definition) is 9. The minimum absolute atomic E-state index is 0.0133. The summed E-state index contributed by atoms with van der Waals surface area (Å²) in [7, 11) is 1.81. The fourth-order valence-electron chi connectivity index (χ4n) is 5.78. The number of aryl methyl sites for hydroxylation is 1. The lowest BCUT2D eigenvalue weighted by atomic mass is 9.99. The Morgan fingerprint density at radius 2 is 1.54 bits per heavy atom. The second kappa shape index (κ2) is 13.0. The van der Waals surface area contributed by atoms with Gasteiger partial charge in [0.15, 0.2) is 6.29 Å². The van der Waals surface area contributed by atoms with Gasteiger partial charge in [-0.1, -0.05) is 90.6 Å². The van der Waals surface area contributed by atoms with E-state index < -0.39 is 6.29 Å². The summed E-state index contributed by atoms with van der Waals surface area (Å²) in [5, 5.41) is 21.9. The molecule has 0 spiro atoms. The van der Waals surface area contributed by atoms with Crippen molar-refractivity contribution in [3.05, 3.63) is 130 Å². The van der Waals surface area contributed by atoms with Gasteiger partial charge in [0.25, 0.3) is 11.8 Å². The van der Waals surface area contributed by atoms with Crippen LogP contribution in [0.2, 0.25) is 0 Å². The van der Waals surface area contributed by atoms with Crippen molar-refractivity contribution in [2.45, 2.75) is 43.2 Å². The molecule has 0 radical (unpaired) electrons. The van der Waals surface area contributed by atoms with E-state index in [1.165, 1.54) is 16.7 Å². The Morgan fingerprint density at radius 3 is 2.22 bits per heavy atom. The highest BCUT2D eigenvalue weighted by Gasteiger charge is 2.35. The summed E-state index contributed by atoms with van der Waals surface area (Å²) in [6.45, 7) is 0.188. The summed E-state index contributed by atoms with van der Waals surface area (Å²) >= 11 is 1.54. The van der Waals surface area contributed by atoms with Crippen LogP contribution in [0, 0.1) is 0 Å². The van der Waals surface area contributed by atoms with E-state index in [1.807, 2.05) is 79.8 Å². The van der Waals surface area contributed by atoms with Gasteiger partial charge in [-0.25, -0.2) is 4.68 Å². The maximum atomic E-state index is 12.9. The Bertz CT molecular complexity index is 1840.